The number of nitrogens with zero attached hydrogens (tertiary/aromatic N) is 1. The van der Waals surface area contributed by atoms with E-state index in [-0.39, 0.29) is 0 Å². The van der Waals surface area contributed by atoms with Crippen LogP contribution in [0.15, 0.2) is 4.42 Å². The molecule has 0 fully saturated rings. The topological polar surface area (TPSA) is 36.9 Å². The Bertz CT molecular complexity index is 291. The number of hydrogen-bond donors (Lipinski definition) is 0. The molecule has 0 unspecified atom stereocenters. The fraction of sp³-hybridized carbons (Fsp3) is 0.375. The summed E-state index contributed by atoms with van der Waals surface area (Å²) >= 11 is 0. The number of nitriles is 1. The minimum Gasteiger partial charge on any atom is -0.465 e. The van der Waals surface area contributed by atoms with Gasteiger partial charge in [0.15, 0.2) is 0 Å². The molecule has 0 radical (unpaired) electrons. The van der Waals surface area contributed by atoms with E-state index in [1.54, 1.807) is 6.92 Å². The molecule has 1 aromatic rings. The smallest absolute Gasteiger partial charge is 0.119 e. The third-order valence-electron chi connectivity index (χ3n) is 1.67. The molecule has 2 nitrogen and oxygen atoms in total. The van der Waals surface area contributed by atoms with Crippen molar-refractivity contribution in [2.45, 2.75) is 20.8 Å². The van der Waals surface area contributed by atoms with Crippen molar-refractivity contribution in [1.82, 2.24) is 0 Å². The van der Waals surface area contributed by atoms with Gasteiger partial charge in [0, 0.05) is 5.56 Å². The summed E-state index contributed by atoms with van der Waals surface area (Å²) in [6.07, 6.45) is 0. The van der Waals surface area contributed by atoms with E-state index in [0.29, 0.717) is 5.56 Å². The molecule has 0 N–H and O–H groups in total. The van der Waals surface area contributed by atoms with E-state index in [1.807, 2.05) is 13.8 Å². The van der Waals surface area contributed by atoms with Crippen molar-refractivity contribution < 1.29 is 4.42 Å². The van der Waals surface area contributed by atoms with Crippen LogP contribution in [0.25, 0.3) is 0 Å². The van der Waals surface area contributed by atoms with Gasteiger partial charge in [0.25, 0.3) is 0 Å². The quantitative estimate of drug-likeness (QED) is 0.546. The summed E-state index contributed by atoms with van der Waals surface area (Å²) < 4.78 is 5.21. The van der Waals surface area contributed by atoms with Gasteiger partial charge in [-0.2, -0.15) is 5.26 Å². The summed E-state index contributed by atoms with van der Waals surface area (Å²) in [6.45, 7) is 5.56. The zero-order chi connectivity index (χ0) is 7.72. The van der Waals surface area contributed by atoms with Crippen LogP contribution in [0.1, 0.15) is 22.6 Å². The van der Waals surface area contributed by atoms with Gasteiger partial charge in [-0.3, -0.25) is 0 Å². The maximum Gasteiger partial charge on any atom is 0.119 e. The van der Waals surface area contributed by atoms with Crippen molar-refractivity contribution in [2.24, 2.45) is 0 Å². The lowest BCUT2D eigenvalue weighted by molar-refractivity contribution is 0.502. The molecular weight excluding hydrogens is 126 g/mol. The maximum absolute atomic E-state index is 8.60. The second kappa shape index (κ2) is 2.18. The van der Waals surface area contributed by atoms with Gasteiger partial charge in [-0.1, -0.05) is 0 Å². The van der Waals surface area contributed by atoms with Crippen molar-refractivity contribution in [1.29, 1.82) is 5.26 Å². The van der Waals surface area contributed by atoms with E-state index in [2.05, 4.69) is 6.07 Å². The summed E-state index contributed by atoms with van der Waals surface area (Å²) in [5.74, 6) is 1.56. The van der Waals surface area contributed by atoms with E-state index in [1.165, 1.54) is 0 Å². The second-order valence-corrected chi connectivity index (χ2v) is 2.33. The zero-order valence-corrected chi connectivity index (χ0v) is 6.36. The highest BCUT2D eigenvalue weighted by molar-refractivity contribution is 5.41. The summed E-state index contributed by atoms with van der Waals surface area (Å²) in [6, 6.07) is 2.09. The number of rotatable bonds is 0. The highest BCUT2D eigenvalue weighted by atomic mass is 16.3. The molecule has 0 atom stereocenters. The van der Waals surface area contributed by atoms with Gasteiger partial charge in [0.2, 0.25) is 0 Å². The number of hydrogen-bond acceptors (Lipinski definition) is 2. The Labute approximate surface area is 60.1 Å². The minimum atomic E-state index is 0.678. The normalized spacial score (nSPS) is 9.40. The molecule has 0 aliphatic rings. The second-order valence-electron chi connectivity index (χ2n) is 2.33. The highest BCUT2D eigenvalue weighted by Gasteiger charge is 2.08. The lowest BCUT2D eigenvalue weighted by atomic mass is 10.1. The fourth-order valence-electron chi connectivity index (χ4n) is 0.960. The zero-order valence-electron chi connectivity index (χ0n) is 6.36. The third-order valence-corrected chi connectivity index (χ3v) is 1.67. The van der Waals surface area contributed by atoms with Crippen LogP contribution in [0.2, 0.25) is 0 Å². The van der Waals surface area contributed by atoms with Crippen LogP contribution in [-0.4, -0.2) is 0 Å². The summed E-state index contributed by atoms with van der Waals surface area (Å²) in [7, 11) is 0. The monoisotopic (exact) mass is 135 g/mol. The molecule has 0 aromatic carbocycles. The number of furan rings is 1. The summed E-state index contributed by atoms with van der Waals surface area (Å²) in [5.41, 5.74) is 1.64. The molecule has 10 heavy (non-hydrogen) atoms. The van der Waals surface area contributed by atoms with Gasteiger partial charge in [0.1, 0.15) is 17.6 Å². The number of aryl methyl sites for hydroxylation is 2. The Kier molecular flexibility index (Phi) is 1.50. The first-order valence-corrected chi connectivity index (χ1v) is 3.13. The van der Waals surface area contributed by atoms with Crippen LogP contribution in [0, 0.1) is 32.1 Å². The first-order chi connectivity index (χ1) is 4.66. The molecule has 0 aliphatic heterocycles. The van der Waals surface area contributed by atoms with Crippen LogP contribution in [0.5, 0.6) is 0 Å². The predicted molar refractivity (Wildman–Crippen MR) is 37.6 cm³/mol. The van der Waals surface area contributed by atoms with Gasteiger partial charge in [-0.05, 0) is 20.8 Å². The highest BCUT2D eigenvalue weighted by Crippen LogP contribution is 2.18. The van der Waals surface area contributed by atoms with E-state index >= 15 is 0 Å². The van der Waals surface area contributed by atoms with Crippen LogP contribution >= 0.6 is 0 Å². The molecule has 0 saturated carbocycles. The molecule has 0 spiro atoms. The van der Waals surface area contributed by atoms with Gasteiger partial charge < -0.3 is 4.42 Å². The minimum absolute atomic E-state index is 0.678. The lowest BCUT2D eigenvalue weighted by Crippen LogP contribution is -1.76. The predicted octanol–water partition coefficient (Wildman–Crippen LogP) is 2.08. The Morgan fingerprint density at radius 3 is 2.00 bits per heavy atom. The molecule has 2 heteroatoms. The Balaban J connectivity index is 3.37. The Morgan fingerprint density at radius 1 is 1.20 bits per heavy atom. The first-order valence-electron chi connectivity index (χ1n) is 3.13. The molecule has 0 amide bonds. The van der Waals surface area contributed by atoms with Crippen LogP contribution in [0.3, 0.4) is 0 Å². The van der Waals surface area contributed by atoms with Gasteiger partial charge in [0.05, 0.1) is 5.56 Å². The van der Waals surface area contributed by atoms with Crippen molar-refractivity contribution in [3.63, 3.8) is 0 Å². The maximum atomic E-state index is 8.60. The van der Waals surface area contributed by atoms with Gasteiger partial charge >= 0.3 is 0 Å². The molecular formula is C8H9NO. The van der Waals surface area contributed by atoms with Crippen LogP contribution < -0.4 is 0 Å². The molecule has 0 aliphatic carbocycles. The van der Waals surface area contributed by atoms with Crippen molar-refractivity contribution in [3.8, 4) is 6.07 Å². The molecule has 1 aromatic heterocycles. The SMILES string of the molecule is Cc1oc(C)c(C#N)c1C. The Hall–Kier alpha value is -1.23. The Morgan fingerprint density at radius 2 is 1.80 bits per heavy atom. The van der Waals surface area contributed by atoms with E-state index < -0.39 is 0 Å². The van der Waals surface area contributed by atoms with E-state index in [4.69, 9.17) is 9.68 Å². The average molecular weight is 135 g/mol. The summed E-state index contributed by atoms with van der Waals surface area (Å²) in [4.78, 5) is 0. The van der Waals surface area contributed by atoms with Gasteiger partial charge in [-0.15, -0.1) is 0 Å². The average Bonchev–Trinajstić information content (AvgIpc) is 2.09. The standard InChI is InChI=1S/C8H9NO/c1-5-6(2)10-7(3)8(5)4-9/h1-3H3. The van der Waals surface area contributed by atoms with Crippen molar-refractivity contribution in [2.75, 3.05) is 0 Å². The molecule has 52 valence electrons. The van der Waals surface area contributed by atoms with E-state index in [9.17, 15) is 0 Å². The fourth-order valence-corrected chi connectivity index (χ4v) is 0.960. The lowest BCUT2D eigenvalue weighted by Gasteiger charge is -1.82. The van der Waals surface area contributed by atoms with E-state index in [0.717, 1.165) is 17.1 Å². The third kappa shape index (κ3) is 0.801. The molecule has 0 saturated heterocycles. The van der Waals surface area contributed by atoms with Gasteiger partial charge in [-0.25, -0.2) is 0 Å². The molecule has 1 rings (SSSR count). The summed E-state index contributed by atoms with van der Waals surface area (Å²) in [5, 5.41) is 8.60. The van der Waals surface area contributed by atoms with Crippen molar-refractivity contribution in [3.05, 3.63) is 22.6 Å². The first kappa shape index (κ1) is 6.88. The molecule has 1 heterocycles. The van der Waals surface area contributed by atoms with Crippen molar-refractivity contribution >= 4 is 0 Å². The molecule has 0 bridgehead atoms. The van der Waals surface area contributed by atoms with Crippen LogP contribution in [0.4, 0.5) is 0 Å². The largest absolute Gasteiger partial charge is 0.465 e. The van der Waals surface area contributed by atoms with Crippen LogP contribution in [-0.2, 0) is 0 Å².